The van der Waals surface area contributed by atoms with Crippen LogP contribution in [-0.4, -0.2) is 34.6 Å². The standard InChI is InChI=1S/C28H29FN2O5/c1-17(2)16-23(31-26(33)21-10-6-7-11-22(21)27(31)34)28(35)36-24(18-8-4-3-5-9-18)25(32)30-20-14-12-19(29)13-15-20/h3-9,12-15,17,21-24H,10-11,16H2,1-2H3,(H,30,32). The van der Waals surface area contributed by atoms with Crippen LogP contribution in [0.3, 0.4) is 0 Å². The average molecular weight is 493 g/mol. The highest BCUT2D eigenvalue weighted by Gasteiger charge is 2.52. The summed E-state index contributed by atoms with van der Waals surface area (Å²) in [5, 5.41) is 2.64. The molecule has 0 saturated carbocycles. The molecule has 1 aliphatic carbocycles. The number of ether oxygens (including phenoxy) is 1. The number of anilines is 1. The number of carbonyl (C=O) groups is 4. The van der Waals surface area contributed by atoms with Crippen LogP contribution in [0.25, 0.3) is 0 Å². The molecule has 3 amide bonds. The van der Waals surface area contributed by atoms with E-state index in [4.69, 9.17) is 4.74 Å². The number of rotatable bonds is 8. The van der Waals surface area contributed by atoms with Gasteiger partial charge in [-0.2, -0.15) is 0 Å². The Morgan fingerprint density at radius 3 is 2.11 bits per heavy atom. The van der Waals surface area contributed by atoms with Crippen molar-refractivity contribution < 1.29 is 28.3 Å². The molecule has 1 fully saturated rings. The smallest absolute Gasteiger partial charge is 0.330 e. The zero-order chi connectivity index (χ0) is 25.8. The third-order valence-electron chi connectivity index (χ3n) is 6.51. The summed E-state index contributed by atoms with van der Waals surface area (Å²) in [5.41, 5.74) is 0.754. The number of benzene rings is 2. The SMILES string of the molecule is CC(C)CC(C(=O)OC(C(=O)Nc1ccc(F)cc1)c1ccccc1)N1C(=O)C2CC=CCC2C1=O. The zero-order valence-electron chi connectivity index (χ0n) is 20.2. The second kappa shape index (κ2) is 10.8. The summed E-state index contributed by atoms with van der Waals surface area (Å²) in [6.07, 6.45) is 3.57. The summed E-state index contributed by atoms with van der Waals surface area (Å²) < 4.78 is 19.0. The van der Waals surface area contributed by atoms with Crippen molar-refractivity contribution in [2.75, 3.05) is 5.32 Å². The fraction of sp³-hybridized carbons (Fsp3) is 0.357. The van der Waals surface area contributed by atoms with Crippen LogP contribution in [0, 0.1) is 23.6 Å². The van der Waals surface area contributed by atoms with E-state index < -0.39 is 41.7 Å². The Balaban J connectivity index is 1.60. The summed E-state index contributed by atoms with van der Waals surface area (Å²) in [6.45, 7) is 3.77. The molecule has 0 aromatic heterocycles. The minimum absolute atomic E-state index is 0.0212. The van der Waals surface area contributed by atoms with E-state index in [1.165, 1.54) is 24.3 Å². The maximum atomic E-state index is 13.5. The van der Waals surface area contributed by atoms with Gasteiger partial charge in [-0.05, 0) is 49.4 Å². The van der Waals surface area contributed by atoms with Crippen molar-refractivity contribution in [3.63, 3.8) is 0 Å². The Morgan fingerprint density at radius 2 is 1.56 bits per heavy atom. The summed E-state index contributed by atoms with van der Waals surface area (Å²) >= 11 is 0. The zero-order valence-corrected chi connectivity index (χ0v) is 20.2. The number of nitrogens with one attached hydrogen (secondary N) is 1. The van der Waals surface area contributed by atoms with Gasteiger partial charge in [-0.15, -0.1) is 0 Å². The van der Waals surface area contributed by atoms with E-state index in [2.05, 4.69) is 5.32 Å². The lowest BCUT2D eigenvalue weighted by atomic mass is 9.85. The third kappa shape index (κ3) is 5.37. The molecule has 2 aromatic carbocycles. The molecule has 0 spiro atoms. The minimum Gasteiger partial charge on any atom is -0.446 e. The summed E-state index contributed by atoms with van der Waals surface area (Å²) in [7, 11) is 0. The summed E-state index contributed by atoms with van der Waals surface area (Å²) in [6, 6.07) is 12.5. The molecule has 188 valence electrons. The third-order valence-corrected chi connectivity index (χ3v) is 6.51. The van der Waals surface area contributed by atoms with Gasteiger partial charge in [0.15, 0.2) is 0 Å². The van der Waals surface area contributed by atoms with Crippen LogP contribution < -0.4 is 5.32 Å². The fourth-order valence-corrected chi connectivity index (χ4v) is 4.72. The largest absolute Gasteiger partial charge is 0.446 e. The first-order chi connectivity index (χ1) is 17.3. The fourth-order valence-electron chi connectivity index (χ4n) is 4.72. The highest BCUT2D eigenvalue weighted by atomic mass is 19.1. The number of amides is 3. The van der Waals surface area contributed by atoms with Crippen molar-refractivity contribution in [1.29, 1.82) is 0 Å². The molecule has 1 heterocycles. The maximum Gasteiger partial charge on any atom is 0.330 e. The molecule has 4 atom stereocenters. The number of fused-ring (bicyclic) bond motifs is 1. The number of halogens is 1. The number of nitrogens with zero attached hydrogens (tertiary/aromatic N) is 1. The Hall–Kier alpha value is -3.81. The van der Waals surface area contributed by atoms with Crippen LogP contribution in [-0.2, 0) is 23.9 Å². The van der Waals surface area contributed by atoms with Crippen molar-refractivity contribution in [3.8, 4) is 0 Å². The van der Waals surface area contributed by atoms with Gasteiger partial charge in [-0.3, -0.25) is 19.3 Å². The predicted molar refractivity (Wildman–Crippen MR) is 131 cm³/mol. The van der Waals surface area contributed by atoms with Gasteiger partial charge in [-0.25, -0.2) is 9.18 Å². The molecule has 1 aliphatic heterocycles. The van der Waals surface area contributed by atoms with E-state index in [-0.39, 0.29) is 24.2 Å². The van der Waals surface area contributed by atoms with Crippen molar-refractivity contribution >= 4 is 29.4 Å². The van der Waals surface area contributed by atoms with E-state index >= 15 is 0 Å². The van der Waals surface area contributed by atoms with E-state index in [1.807, 2.05) is 26.0 Å². The Kier molecular flexibility index (Phi) is 7.62. The van der Waals surface area contributed by atoms with E-state index in [0.717, 1.165) is 4.90 Å². The van der Waals surface area contributed by atoms with Gasteiger partial charge in [-0.1, -0.05) is 56.3 Å². The van der Waals surface area contributed by atoms with Crippen molar-refractivity contribution in [2.24, 2.45) is 17.8 Å². The molecule has 2 aromatic rings. The maximum absolute atomic E-state index is 13.5. The molecule has 7 nitrogen and oxygen atoms in total. The van der Waals surface area contributed by atoms with Crippen molar-refractivity contribution in [3.05, 3.63) is 78.1 Å². The lowest BCUT2D eigenvalue weighted by Crippen LogP contribution is -2.47. The number of esters is 1. The molecular formula is C28H29FN2O5. The molecule has 1 N–H and O–H groups in total. The van der Waals surface area contributed by atoms with Gasteiger partial charge in [0, 0.05) is 11.3 Å². The summed E-state index contributed by atoms with van der Waals surface area (Å²) in [5.74, 6) is -3.62. The van der Waals surface area contributed by atoms with E-state index in [1.54, 1.807) is 30.3 Å². The van der Waals surface area contributed by atoms with Gasteiger partial charge in [0.2, 0.25) is 17.9 Å². The second-order valence-electron chi connectivity index (χ2n) is 9.57. The quantitative estimate of drug-likeness (QED) is 0.335. The van der Waals surface area contributed by atoms with E-state index in [0.29, 0.717) is 24.1 Å². The van der Waals surface area contributed by atoms with Crippen molar-refractivity contribution in [2.45, 2.75) is 45.3 Å². The van der Waals surface area contributed by atoms with Gasteiger partial charge in [0.05, 0.1) is 11.8 Å². The number of allylic oxidation sites excluding steroid dienone is 2. The molecule has 8 heteroatoms. The van der Waals surface area contributed by atoms with Gasteiger partial charge in [0.1, 0.15) is 11.9 Å². The molecular weight excluding hydrogens is 463 g/mol. The highest BCUT2D eigenvalue weighted by molar-refractivity contribution is 6.08. The normalized spacial score (nSPS) is 20.7. The van der Waals surface area contributed by atoms with Gasteiger partial charge in [0.25, 0.3) is 5.91 Å². The lowest BCUT2D eigenvalue weighted by Gasteiger charge is -2.28. The first-order valence-electron chi connectivity index (χ1n) is 12.1. The number of hydrogen-bond acceptors (Lipinski definition) is 5. The predicted octanol–water partition coefficient (Wildman–Crippen LogP) is 4.41. The summed E-state index contributed by atoms with van der Waals surface area (Å²) in [4.78, 5) is 54.2. The molecule has 1 saturated heterocycles. The average Bonchev–Trinajstić information content (AvgIpc) is 3.12. The number of likely N-dealkylation sites (tertiary alicyclic amines) is 1. The van der Waals surface area contributed by atoms with Gasteiger partial charge < -0.3 is 10.1 Å². The first-order valence-corrected chi connectivity index (χ1v) is 12.1. The van der Waals surface area contributed by atoms with Crippen LogP contribution in [0.1, 0.15) is 44.8 Å². The van der Waals surface area contributed by atoms with Crippen molar-refractivity contribution in [1.82, 2.24) is 4.90 Å². The molecule has 4 unspecified atom stereocenters. The van der Waals surface area contributed by atoms with Crippen LogP contribution in [0.5, 0.6) is 0 Å². The second-order valence-corrected chi connectivity index (χ2v) is 9.57. The van der Waals surface area contributed by atoms with Crippen LogP contribution >= 0.6 is 0 Å². The number of imide groups is 1. The molecule has 4 rings (SSSR count). The molecule has 2 aliphatic rings. The van der Waals surface area contributed by atoms with Crippen LogP contribution in [0.4, 0.5) is 10.1 Å². The van der Waals surface area contributed by atoms with Gasteiger partial charge >= 0.3 is 5.97 Å². The van der Waals surface area contributed by atoms with Crippen LogP contribution in [0.2, 0.25) is 0 Å². The molecule has 0 bridgehead atoms. The monoisotopic (exact) mass is 492 g/mol. The number of carbonyl (C=O) groups excluding carboxylic acids is 4. The Bertz CT molecular complexity index is 1140. The van der Waals surface area contributed by atoms with Crippen LogP contribution in [0.15, 0.2) is 66.7 Å². The molecule has 0 radical (unpaired) electrons. The minimum atomic E-state index is -1.34. The highest BCUT2D eigenvalue weighted by Crippen LogP contribution is 2.37. The Labute approximate surface area is 209 Å². The molecule has 36 heavy (non-hydrogen) atoms. The first kappa shape index (κ1) is 25.3. The Morgan fingerprint density at radius 1 is 0.972 bits per heavy atom. The topological polar surface area (TPSA) is 92.8 Å². The number of hydrogen-bond donors (Lipinski definition) is 1. The van der Waals surface area contributed by atoms with E-state index in [9.17, 15) is 23.6 Å². The lowest BCUT2D eigenvalue weighted by molar-refractivity contribution is -0.165.